The predicted octanol–water partition coefficient (Wildman–Crippen LogP) is 2.79. The molecule has 1 amide bonds. The van der Waals surface area contributed by atoms with E-state index in [-0.39, 0.29) is 30.0 Å². The summed E-state index contributed by atoms with van der Waals surface area (Å²) in [7, 11) is -3.76. The molecule has 1 aliphatic rings. The normalized spacial score (nSPS) is 15.5. The van der Waals surface area contributed by atoms with Gasteiger partial charge in [0.2, 0.25) is 11.0 Å². The third-order valence-corrected chi connectivity index (χ3v) is 7.22. The van der Waals surface area contributed by atoms with Crippen molar-refractivity contribution in [2.24, 2.45) is 5.92 Å². The Bertz CT molecular complexity index is 1150. The largest absolute Gasteiger partial charge is 0.494 e. The molecule has 1 aliphatic heterocycles. The molecule has 0 atom stereocenters. The standard InChI is InChI=1S/C22H26N4O5S/c1-2-30-18-5-3-4-16(14-18)15-23-22(27)17-9-12-26(13-10-17)32(28,29)21-7-6-20(31-21)19-8-11-24-25-19/h3-8,11,14,17H,2,9-10,12-13,15H2,1H3,(H,23,27)(H,24,25). The van der Waals surface area contributed by atoms with Gasteiger partial charge in [-0.2, -0.15) is 9.40 Å². The number of aromatic nitrogens is 2. The van der Waals surface area contributed by atoms with E-state index in [9.17, 15) is 13.2 Å². The van der Waals surface area contributed by atoms with Gasteiger partial charge in [0, 0.05) is 31.7 Å². The molecule has 1 saturated heterocycles. The highest BCUT2D eigenvalue weighted by Crippen LogP contribution is 2.28. The lowest BCUT2D eigenvalue weighted by Gasteiger charge is -2.29. The van der Waals surface area contributed by atoms with Crippen LogP contribution in [0.5, 0.6) is 5.75 Å². The van der Waals surface area contributed by atoms with Crippen molar-refractivity contribution in [1.29, 1.82) is 0 Å². The predicted molar refractivity (Wildman–Crippen MR) is 117 cm³/mol. The minimum Gasteiger partial charge on any atom is -0.494 e. The second-order valence-corrected chi connectivity index (χ2v) is 9.43. The topological polar surface area (TPSA) is 118 Å². The maximum absolute atomic E-state index is 12.9. The highest BCUT2D eigenvalue weighted by Gasteiger charge is 2.34. The first-order valence-electron chi connectivity index (χ1n) is 10.6. The van der Waals surface area contributed by atoms with Crippen LogP contribution in [-0.2, 0) is 21.4 Å². The van der Waals surface area contributed by atoms with Crippen LogP contribution in [-0.4, -0.2) is 48.5 Å². The zero-order valence-corrected chi connectivity index (χ0v) is 18.6. The van der Waals surface area contributed by atoms with Gasteiger partial charge in [-0.1, -0.05) is 12.1 Å². The minimum absolute atomic E-state index is 0.0663. The summed E-state index contributed by atoms with van der Waals surface area (Å²) in [5.41, 5.74) is 1.56. The minimum atomic E-state index is -3.76. The summed E-state index contributed by atoms with van der Waals surface area (Å²) >= 11 is 0. The van der Waals surface area contributed by atoms with Crippen LogP contribution in [0.15, 0.2) is 58.2 Å². The van der Waals surface area contributed by atoms with E-state index < -0.39 is 10.0 Å². The van der Waals surface area contributed by atoms with Crippen molar-refractivity contribution >= 4 is 15.9 Å². The number of carbonyl (C=O) groups excluding carboxylic acids is 1. The van der Waals surface area contributed by atoms with Crippen molar-refractivity contribution < 1.29 is 22.4 Å². The van der Waals surface area contributed by atoms with Crippen LogP contribution in [0.4, 0.5) is 0 Å². The lowest BCUT2D eigenvalue weighted by molar-refractivity contribution is -0.126. The van der Waals surface area contributed by atoms with E-state index >= 15 is 0 Å². The SMILES string of the molecule is CCOc1cccc(CNC(=O)C2CCN(S(=O)(=O)c3ccc(-c4ccn[nH]4)o3)CC2)c1. The fraction of sp³-hybridized carbons (Fsp3) is 0.364. The molecule has 0 bridgehead atoms. The van der Waals surface area contributed by atoms with Gasteiger partial charge in [0.1, 0.15) is 11.4 Å². The Morgan fingerprint density at radius 3 is 2.78 bits per heavy atom. The average molecular weight is 459 g/mol. The molecular formula is C22H26N4O5S. The molecule has 2 aromatic heterocycles. The fourth-order valence-electron chi connectivity index (χ4n) is 3.73. The van der Waals surface area contributed by atoms with Gasteiger partial charge in [-0.05, 0) is 55.7 Å². The molecule has 32 heavy (non-hydrogen) atoms. The summed E-state index contributed by atoms with van der Waals surface area (Å²) in [6.45, 7) is 3.44. The quantitative estimate of drug-likeness (QED) is 0.536. The van der Waals surface area contributed by atoms with E-state index in [2.05, 4.69) is 15.5 Å². The first kappa shape index (κ1) is 22.1. The van der Waals surface area contributed by atoms with Crippen molar-refractivity contribution in [1.82, 2.24) is 19.8 Å². The number of rotatable bonds is 8. The zero-order chi connectivity index (χ0) is 22.6. The third-order valence-electron chi connectivity index (χ3n) is 5.44. The Hall–Kier alpha value is -3.11. The number of piperidine rings is 1. The Morgan fingerprint density at radius 1 is 1.25 bits per heavy atom. The molecule has 9 nitrogen and oxygen atoms in total. The number of hydrogen-bond acceptors (Lipinski definition) is 6. The molecule has 0 unspecified atom stereocenters. The lowest BCUT2D eigenvalue weighted by atomic mass is 9.97. The smallest absolute Gasteiger partial charge is 0.276 e. The Morgan fingerprint density at radius 2 is 2.06 bits per heavy atom. The van der Waals surface area contributed by atoms with Crippen molar-refractivity contribution in [3.05, 3.63) is 54.2 Å². The number of amides is 1. The van der Waals surface area contributed by atoms with E-state index in [1.165, 1.54) is 10.4 Å². The zero-order valence-electron chi connectivity index (χ0n) is 17.8. The number of furan rings is 1. The number of aromatic amines is 1. The molecule has 170 valence electrons. The second kappa shape index (κ2) is 9.58. The molecule has 2 N–H and O–H groups in total. The maximum Gasteiger partial charge on any atom is 0.276 e. The van der Waals surface area contributed by atoms with Gasteiger partial charge in [-0.15, -0.1) is 0 Å². The number of carbonyl (C=O) groups is 1. The van der Waals surface area contributed by atoms with Gasteiger partial charge in [0.25, 0.3) is 10.0 Å². The maximum atomic E-state index is 12.9. The summed E-state index contributed by atoms with van der Waals surface area (Å²) in [5.74, 6) is 0.882. The van der Waals surface area contributed by atoms with E-state index in [4.69, 9.17) is 9.15 Å². The van der Waals surface area contributed by atoms with E-state index in [0.29, 0.717) is 37.4 Å². The first-order valence-corrected chi connectivity index (χ1v) is 12.0. The van der Waals surface area contributed by atoms with Crippen molar-refractivity contribution in [3.63, 3.8) is 0 Å². The van der Waals surface area contributed by atoms with Gasteiger partial charge >= 0.3 is 0 Å². The number of sulfonamides is 1. The average Bonchev–Trinajstić information content (AvgIpc) is 3.50. The van der Waals surface area contributed by atoms with Crippen molar-refractivity contribution in [2.45, 2.75) is 31.4 Å². The molecule has 3 heterocycles. The molecular weight excluding hydrogens is 432 g/mol. The van der Waals surface area contributed by atoms with Crippen LogP contribution < -0.4 is 10.1 Å². The number of ether oxygens (including phenoxy) is 1. The highest BCUT2D eigenvalue weighted by atomic mass is 32.2. The van der Waals surface area contributed by atoms with Crippen LogP contribution in [0, 0.1) is 5.92 Å². The summed E-state index contributed by atoms with van der Waals surface area (Å²) in [6, 6.07) is 12.3. The Balaban J connectivity index is 1.31. The molecule has 1 aromatic carbocycles. The van der Waals surface area contributed by atoms with E-state index in [1.807, 2.05) is 31.2 Å². The highest BCUT2D eigenvalue weighted by molar-refractivity contribution is 7.89. The monoisotopic (exact) mass is 458 g/mol. The number of nitrogens with one attached hydrogen (secondary N) is 2. The van der Waals surface area contributed by atoms with E-state index in [0.717, 1.165) is 11.3 Å². The van der Waals surface area contributed by atoms with E-state index in [1.54, 1.807) is 18.3 Å². The molecule has 10 heteroatoms. The number of H-pyrrole nitrogens is 1. The van der Waals surface area contributed by atoms with Gasteiger partial charge in [0.15, 0.2) is 5.76 Å². The molecule has 3 aromatic rings. The molecule has 0 aliphatic carbocycles. The number of nitrogens with zero attached hydrogens (tertiary/aromatic N) is 2. The Labute approximate surface area is 186 Å². The van der Waals surface area contributed by atoms with Crippen LogP contribution in [0.2, 0.25) is 0 Å². The third kappa shape index (κ3) is 4.86. The van der Waals surface area contributed by atoms with Crippen LogP contribution in [0.3, 0.4) is 0 Å². The number of hydrogen-bond donors (Lipinski definition) is 2. The first-order chi connectivity index (χ1) is 15.5. The van der Waals surface area contributed by atoms with Gasteiger partial charge < -0.3 is 14.5 Å². The molecule has 1 fully saturated rings. The van der Waals surface area contributed by atoms with Crippen LogP contribution in [0.25, 0.3) is 11.5 Å². The summed E-state index contributed by atoms with van der Waals surface area (Å²) in [6.07, 6.45) is 2.48. The van der Waals surface area contributed by atoms with Crippen LogP contribution >= 0.6 is 0 Å². The van der Waals surface area contributed by atoms with Crippen molar-refractivity contribution in [3.8, 4) is 17.2 Å². The lowest BCUT2D eigenvalue weighted by Crippen LogP contribution is -2.42. The summed E-state index contributed by atoms with van der Waals surface area (Å²) in [4.78, 5) is 12.6. The van der Waals surface area contributed by atoms with Crippen LogP contribution in [0.1, 0.15) is 25.3 Å². The second-order valence-electron chi connectivity index (χ2n) is 7.57. The molecule has 0 saturated carbocycles. The fourth-order valence-corrected chi connectivity index (χ4v) is 5.11. The molecule has 0 radical (unpaired) electrons. The van der Waals surface area contributed by atoms with Gasteiger partial charge in [-0.3, -0.25) is 9.89 Å². The number of benzene rings is 1. The molecule has 4 rings (SSSR count). The van der Waals surface area contributed by atoms with Crippen molar-refractivity contribution in [2.75, 3.05) is 19.7 Å². The Kier molecular flexibility index (Phi) is 6.61. The summed E-state index contributed by atoms with van der Waals surface area (Å²) in [5, 5.41) is 9.43. The molecule has 0 spiro atoms. The van der Waals surface area contributed by atoms with Gasteiger partial charge in [0.05, 0.1) is 6.61 Å². The van der Waals surface area contributed by atoms with Gasteiger partial charge in [-0.25, -0.2) is 8.42 Å². The summed E-state index contributed by atoms with van der Waals surface area (Å²) < 4.78 is 38.3.